The van der Waals surface area contributed by atoms with Crippen LogP contribution in [-0.4, -0.2) is 48.5 Å². The van der Waals surface area contributed by atoms with Gasteiger partial charge in [0.2, 0.25) is 0 Å². The predicted molar refractivity (Wildman–Crippen MR) is 75.8 cm³/mol. The molecule has 0 aliphatic carbocycles. The van der Waals surface area contributed by atoms with E-state index in [1.54, 1.807) is 12.1 Å². The quantitative estimate of drug-likeness (QED) is 0.854. The van der Waals surface area contributed by atoms with Gasteiger partial charge in [-0.05, 0) is 24.1 Å². The minimum absolute atomic E-state index is 0.00622. The van der Waals surface area contributed by atoms with Gasteiger partial charge in [0.05, 0.1) is 25.4 Å². The molecule has 1 saturated heterocycles. The van der Waals surface area contributed by atoms with Crippen LogP contribution >= 0.6 is 0 Å². The third kappa shape index (κ3) is 3.55. The van der Waals surface area contributed by atoms with Crippen molar-refractivity contribution >= 4 is 0 Å². The van der Waals surface area contributed by atoms with Gasteiger partial charge in [-0.1, -0.05) is 19.1 Å². The van der Waals surface area contributed by atoms with Crippen LogP contribution in [0.4, 0.5) is 4.39 Å². The first kappa shape index (κ1) is 15.4. The van der Waals surface area contributed by atoms with E-state index in [-0.39, 0.29) is 30.6 Å². The van der Waals surface area contributed by atoms with Crippen LogP contribution in [0, 0.1) is 5.82 Å². The number of morpholine rings is 1. The lowest BCUT2D eigenvalue weighted by atomic mass is 9.95. The standard InChI is InChI=1S/C15H23FN2O2/c1-2-14(17)15(11-4-3-5-12(16)8-11)18-6-7-20-13(9-18)10-19/h3-5,8,13-15,19H,2,6-7,9-10,17H2,1H3. The van der Waals surface area contributed by atoms with E-state index in [0.717, 1.165) is 18.5 Å². The molecule has 112 valence electrons. The van der Waals surface area contributed by atoms with E-state index < -0.39 is 0 Å². The zero-order valence-electron chi connectivity index (χ0n) is 11.8. The topological polar surface area (TPSA) is 58.7 Å². The fraction of sp³-hybridized carbons (Fsp3) is 0.600. The molecule has 4 nitrogen and oxygen atoms in total. The highest BCUT2D eigenvalue weighted by molar-refractivity contribution is 5.22. The SMILES string of the molecule is CCC(N)C(c1cccc(F)c1)N1CCOC(CO)C1. The maximum atomic E-state index is 13.5. The number of benzene rings is 1. The number of rotatable bonds is 5. The van der Waals surface area contributed by atoms with Crippen LogP contribution in [0.1, 0.15) is 24.9 Å². The number of hydrogen-bond donors (Lipinski definition) is 2. The van der Waals surface area contributed by atoms with Crippen molar-refractivity contribution in [2.24, 2.45) is 5.73 Å². The molecule has 3 unspecified atom stereocenters. The molecule has 5 heteroatoms. The van der Waals surface area contributed by atoms with E-state index in [0.29, 0.717) is 13.2 Å². The Bertz CT molecular complexity index is 430. The van der Waals surface area contributed by atoms with E-state index in [4.69, 9.17) is 10.5 Å². The van der Waals surface area contributed by atoms with Crippen molar-refractivity contribution in [3.8, 4) is 0 Å². The van der Waals surface area contributed by atoms with Gasteiger partial charge in [0.15, 0.2) is 0 Å². The van der Waals surface area contributed by atoms with Crippen molar-refractivity contribution in [2.75, 3.05) is 26.3 Å². The van der Waals surface area contributed by atoms with E-state index in [2.05, 4.69) is 4.90 Å². The molecule has 1 aromatic carbocycles. The molecule has 3 atom stereocenters. The molecule has 0 spiro atoms. The average Bonchev–Trinajstić information content (AvgIpc) is 2.47. The fourth-order valence-electron chi connectivity index (χ4n) is 2.75. The van der Waals surface area contributed by atoms with Crippen LogP contribution in [0.25, 0.3) is 0 Å². The highest BCUT2D eigenvalue weighted by Gasteiger charge is 2.30. The number of nitrogens with two attached hydrogens (primary N) is 1. The van der Waals surface area contributed by atoms with Crippen LogP contribution in [0.2, 0.25) is 0 Å². The van der Waals surface area contributed by atoms with Gasteiger partial charge in [0, 0.05) is 19.1 Å². The third-order valence-electron chi connectivity index (χ3n) is 3.83. The first-order valence-corrected chi connectivity index (χ1v) is 7.13. The Morgan fingerprint density at radius 1 is 1.55 bits per heavy atom. The van der Waals surface area contributed by atoms with Gasteiger partial charge in [-0.25, -0.2) is 4.39 Å². The van der Waals surface area contributed by atoms with Gasteiger partial charge in [0.25, 0.3) is 0 Å². The number of nitrogens with zero attached hydrogens (tertiary/aromatic N) is 1. The number of ether oxygens (including phenoxy) is 1. The molecule has 0 amide bonds. The Kier molecular flexibility index (Phi) is 5.48. The highest BCUT2D eigenvalue weighted by Crippen LogP contribution is 2.27. The van der Waals surface area contributed by atoms with Crippen molar-refractivity contribution in [3.05, 3.63) is 35.6 Å². The maximum Gasteiger partial charge on any atom is 0.123 e. The Labute approximate surface area is 119 Å². The van der Waals surface area contributed by atoms with Crippen LogP contribution in [0.15, 0.2) is 24.3 Å². The normalized spacial score (nSPS) is 23.5. The van der Waals surface area contributed by atoms with Crippen molar-refractivity contribution in [1.29, 1.82) is 0 Å². The number of aliphatic hydroxyl groups excluding tert-OH is 1. The van der Waals surface area contributed by atoms with Gasteiger partial charge in [-0.2, -0.15) is 0 Å². The molecule has 0 radical (unpaired) electrons. The van der Waals surface area contributed by atoms with Gasteiger partial charge in [-0.3, -0.25) is 4.90 Å². The monoisotopic (exact) mass is 282 g/mol. The summed E-state index contributed by atoms with van der Waals surface area (Å²) in [7, 11) is 0. The molecule has 20 heavy (non-hydrogen) atoms. The van der Waals surface area contributed by atoms with Gasteiger partial charge in [-0.15, -0.1) is 0 Å². The van der Waals surface area contributed by atoms with E-state index in [9.17, 15) is 9.50 Å². The van der Waals surface area contributed by atoms with Crippen molar-refractivity contribution < 1.29 is 14.2 Å². The lowest BCUT2D eigenvalue weighted by Gasteiger charge is -2.40. The van der Waals surface area contributed by atoms with Gasteiger partial charge >= 0.3 is 0 Å². The van der Waals surface area contributed by atoms with Crippen LogP contribution in [0.3, 0.4) is 0 Å². The summed E-state index contributed by atoms with van der Waals surface area (Å²) < 4.78 is 19.0. The summed E-state index contributed by atoms with van der Waals surface area (Å²) in [6.45, 7) is 3.94. The summed E-state index contributed by atoms with van der Waals surface area (Å²) in [5.74, 6) is -0.247. The number of aliphatic hydroxyl groups is 1. The first-order valence-electron chi connectivity index (χ1n) is 7.13. The summed E-state index contributed by atoms with van der Waals surface area (Å²) in [4.78, 5) is 2.19. The van der Waals surface area contributed by atoms with Gasteiger partial charge < -0.3 is 15.6 Å². The van der Waals surface area contributed by atoms with E-state index in [1.807, 2.05) is 13.0 Å². The molecule has 0 aromatic heterocycles. The van der Waals surface area contributed by atoms with Gasteiger partial charge in [0.1, 0.15) is 5.82 Å². The van der Waals surface area contributed by atoms with Crippen LogP contribution < -0.4 is 5.73 Å². The van der Waals surface area contributed by atoms with E-state index >= 15 is 0 Å². The fourth-order valence-corrected chi connectivity index (χ4v) is 2.75. The van der Waals surface area contributed by atoms with Crippen LogP contribution in [-0.2, 0) is 4.74 Å². The summed E-state index contributed by atoms with van der Waals surface area (Å²) in [5, 5.41) is 9.26. The molecule has 1 fully saturated rings. The predicted octanol–water partition coefficient (Wildman–Crippen LogP) is 1.30. The van der Waals surface area contributed by atoms with Crippen molar-refractivity contribution in [1.82, 2.24) is 4.90 Å². The molecule has 0 bridgehead atoms. The zero-order valence-corrected chi connectivity index (χ0v) is 11.8. The lowest BCUT2D eigenvalue weighted by Crippen LogP contribution is -2.50. The Morgan fingerprint density at radius 2 is 2.35 bits per heavy atom. The van der Waals surface area contributed by atoms with E-state index in [1.165, 1.54) is 6.07 Å². The molecular formula is C15H23FN2O2. The highest BCUT2D eigenvalue weighted by atomic mass is 19.1. The van der Waals surface area contributed by atoms with Crippen molar-refractivity contribution in [3.63, 3.8) is 0 Å². The molecule has 1 heterocycles. The second-order valence-corrected chi connectivity index (χ2v) is 5.24. The lowest BCUT2D eigenvalue weighted by molar-refractivity contribution is -0.0683. The summed E-state index contributed by atoms with van der Waals surface area (Å²) >= 11 is 0. The Morgan fingerprint density at radius 3 is 3.00 bits per heavy atom. The molecule has 1 aliphatic rings. The average molecular weight is 282 g/mol. The number of halogens is 1. The molecule has 0 saturated carbocycles. The summed E-state index contributed by atoms with van der Waals surface area (Å²) in [6.07, 6.45) is 0.617. The second kappa shape index (κ2) is 7.13. The molecular weight excluding hydrogens is 259 g/mol. The second-order valence-electron chi connectivity index (χ2n) is 5.24. The smallest absolute Gasteiger partial charge is 0.123 e. The van der Waals surface area contributed by atoms with Crippen molar-refractivity contribution in [2.45, 2.75) is 31.5 Å². The molecule has 1 aromatic rings. The Hall–Kier alpha value is -1.01. The largest absolute Gasteiger partial charge is 0.394 e. The molecule has 3 N–H and O–H groups in total. The zero-order chi connectivity index (χ0) is 14.5. The Balaban J connectivity index is 2.23. The third-order valence-corrected chi connectivity index (χ3v) is 3.83. The number of hydrogen-bond acceptors (Lipinski definition) is 4. The van der Waals surface area contributed by atoms with Crippen LogP contribution in [0.5, 0.6) is 0 Å². The summed E-state index contributed by atoms with van der Waals surface area (Å²) in [6, 6.07) is 6.48. The molecule has 2 rings (SSSR count). The summed E-state index contributed by atoms with van der Waals surface area (Å²) in [5.41, 5.74) is 7.14. The minimum atomic E-state index is -0.247. The molecule has 1 aliphatic heterocycles. The first-order chi connectivity index (χ1) is 9.65. The maximum absolute atomic E-state index is 13.5. The minimum Gasteiger partial charge on any atom is -0.394 e.